The minimum atomic E-state index is 0.419. The van der Waals surface area contributed by atoms with Crippen LogP contribution in [-0.2, 0) is 6.42 Å². The first-order valence-corrected chi connectivity index (χ1v) is 4.90. The highest BCUT2D eigenvalue weighted by Gasteiger charge is 2.05. The molecule has 0 amide bonds. The van der Waals surface area contributed by atoms with E-state index in [9.17, 15) is 4.79 Å². The van der Waals surface area contributed by atoms with Crippen LogP contribution in [0.4, 0.5) is 0 Å². The third-order valence-electron chi connectivity index (χ3n) is 2.01. The molecule has 0 saturated heterocycles. The average Bonchev–Trinajstić information content (AvgIpc) is 2.18. The standard InChI is InChI=1S/C11H13ClO/c1-9(7-12)6-10-4-2-3-5-11(10)8-13/h2-5,8-9H,6-7H2,1H3. The summed E-state index contributed by atoms with van der Waals surface area (Å²) in [5.41, 5.74) is 1.87. The van der Waals surface area contributed by atoms with Crippen LogP contribution in [0.5, 0.6) is 0 Å². The van der Waals surface area contributed by atoms with Crippen LogP contribution in [0.2, 0.25) is 0 Å². The SMILES string of the molecule is CC(CCl)Cc1ccccc1C=O. The van der Waals surface area contributed by atoms with Crippen molar-refractivity contribution in [3.63, 3.8) is 0 Å². The van der Waals surface area contributed by atoms with Crippen LogP contribution < -0.4 is 0 Å². The summed E-state index contributed by atoms with van der Waals surface area (Å²) < 4.78 is 0. The van der Waals surface area contributed by atoms with Gasteiger partial charge in [-0.15, -0.1) is 11.6 Å². The van der Waals surface area contributed by atoms with Gasteiger partial charge in [0.25, 0.3) is 0 Å². The van der Waals surface area contributed by atoms with Crippen molar-refractivity contribution in [1.82, 2.24) is 0 Å². The van der Waals surface area contributed by atoms with E-state index in [0.717, 1.165) is 23.8 Å². The van der Waals surface area contributed by atoms with Crippen molar-refractivity contribution in [2.75, 3.05) is 5.88 Å². The lowest BCUT2D eigenvalue weighted by Crippen LogP contribution is -2.03. The van der Waals surface area contributed by atoms with Crippen LogP contribution in [-0.4, -0.2) is 12.2 Å². The van der Waals surface area contributed by atoms with Gasteiger partial charge in [0.05, 0.1) is 0 Å². The van der Waals surface area contributed by atoms with E-state index >= 15 is 0 Å². The maximum atomic E-state index is 10.7. The first kappa shape index (κ1) is 10.3. The highest BCUT2D eigenvalue weighted by atomic mass is 35.5. The summed E-state index contributed by atoms with van der Waals surface area (Å²) in [6, 6.07) is 7.64. The average molecular weight is 197 g/mol. The Morgan fingerprint density at radius 1 is 1.46 bits per heavy atom. The van der Waals surface area contributed by atoms with Crippen LogP contribution in [0.15, 0.2) is 24.3 Å². The molecule has 1 atom stereocenters. The Bertz CT molecular complexity index is 283. The quantitative estimate of drug-likeness (QED) is 0.535. The second-order valence-electron chi connectivity index (χ2n) is 3.28. The molecule has 13 heavy (non-hydrogen) atoms. The van der Waals surface area contributed by atoms with Crippen LogP contribution in [0, 0.1) is 5.92 Å². The van der Waals surface area contributed by atoms with E-state index in [-0.39, 0.29) is 0 Å². The fraction of sp³-hybridized carbons (Fsp3) is 0.364. The molecule has 0 aliphatic carbocycles. The minimum Gasteiger partial charge on any atom is -0.298 e. The number of aldehydes is 1. The molecule has 1 nitrogen and oxygen atoms in total. The molecule has 1 aromatic rings. The van der Waals surface area contributed by atoms with E-state index in [1.54, 1.807) is 0 Å². The second-order valence-corrected chi connectivity index (χ2v) is 3.59. The fourth-order valence-electron chi connectivity index (χ4n) is 1.27. The topological polar surface area (TPSA) is 17.1 Å². The molecular weight excluding hydrogens is 184 g/mol. The van der Waals surface area contributed by atoms with E-state index in [0.29, 0.717) is 11.8 Å². The van der Waals surface area contributed by atoms with Crippen molar-refractivity contribution in [3.8, 4) is 0 Å². The highest BCUT2D eigenvalue weighted by Crippen LogP contribution is 2.13. The van der Waals surface area contributed by atoms with Gasteiger partial charge in [-0.25, -0.2) is 0 Å². The van der Waals surface area contributed by atoms with E-state index < -0.39 is 0 Å². The summed E-state index contributed by atoms with van der Waals surface area (Å²) in [5.74, 6) is 1.05. The number of alkyl halides is 1. The number of hydrogen-bond acceptors (Lipinski definition) is 1. The second kappa shape index (κ2) is 5.03. The van der Waals surface area contributed by atoms with Crippen molar-refractivity contribution < 1.29 is 4.79 Å². The summed E-state index contributed by atoms with van der Waals surface area (Å²) in [6.07, 6.45) is 1.77. The van der Waals surface area contributed by atoms with Crippen molar-refractivity contribution in [2.45, 2.75) is 13.3 Å². The predicted octanol–water partition coefficient (Wildman–Crippen LogP) is 2.92. The number of carbonyl (C=O) groups is 1. The highest BCUT2D eigenvalue weighted by molar-refractivity contribution is 6.18. The predicted molar refractivity (Wildman–Crippen MR) is 55.4 cm³/mol. The van der Waals surface area contributed by atoms with Gasteiger partial charge in [-0.2, -0.15) is 0 Å². The van der Waals surface area contributed by atoms with E-state index in [1.807, 2.05) is 24.3 Å². The van der Waals surface area contributed by atoms with Crippen molar-refractivity contribution in [3.05, 3.63) is 35.4 Å². The molecule has 0 heterocycles. The number of carbonyl (C=O) groups excluding carboxylic acids is 1. The Kier molecular flexibility index (Phi) is 3.97. The minimum absolute atomic E-state index is 0.419. The van der Waals surface area contributed by atoms with Gasteiger partial charge in [-0.05, 0) is 17.9 Å². The Labute approximate surface area is 83.7 Å². The zero-order valence-corrected chi connectivity index (χ0v) is 8.42. The fourth-order valence-corrected chi connectivity index (χ4v) is 1.37. The van der Waals surface area contributed by atoms with Gasteiger partial charge in [-0.3, -0.25) is 4.79 Å². The Hall–Kier alpha value is -0.820. The molecule has 0 N–H and O–H groups in total. The number of halogens is 1. The molecule has 0 bridgehead atoms. The molecule has 0 spiro atoms. The van der Waals surface area contributed by atoms with Crippen molar-refractivity contribution in [1.29, 1.82) is 0 Å². The Morgan fingerprint density at radius 3 is 2.77 bits per heavy atom. The van der Waals surface area contributed by atoms with E-state index in [4.69, 9.17) is 11.6 Å². The van der Waals surface area contributed by atoms with Crippen molar-refractivity contribution in [2.24, 2.45) is 5.92 Å². The summed E-state index contributed by atoms with van der Waals surface area (Å²) in [4.78, 5) is 10.7. The Balaban J connectivity index is 2.80. The third-order valence-corrected chi connectivity index (χ3v) is 2.54. The van der Waals surface area contributed by atoms with Crippen LogP contribution in [0.3, 0.4) is 0 Å². The molecule has 0 aromatic heterocycles. The van der Waals surface area contributed by atoms with Gasteiger partial charge in [0.1, 0.15) is 6.29 Å². The number of hydrogen-bond donors (Lipinski definition) is 0. The first-order chi connectivity index (χ1) is 6.27. The molecule has 1 aromatic carbocycles. The molecule has 0 aliphatic rings. The molecule has 70 valence electrons. The summed E-state index contributed by atoms with van der Waals surface area (Å²) in [5, 5.41) is 0. The molecule has 0 aliphatic heterocycles. The van der Waals surface area contributed by atoms with Crippen LogP contribution in [0.25, 0.3) is 0 Å². The number of benzene rings is 1. The number of rotatable bonds is 4. The van der Waals surface area contributed by atoms with E-state index in [2.05, 4.69) is 6.92 Å². The summed E-state index contributed by atoms with van der Waals surface area (Å²) in [7, 11) is 0. The van der Waals surface area contributed by atoms with Gasteiger partial charge in [0, 0.05) is 11.4 Å². The summed E-state index contributed by atoms with van der Waals surface area (Å²) in [6.45, 7) is 2.08. The lowest BCUT2D eigenvalue weighted by molar-refractivity contribution is 0.112. The van der Waals surface area contributed by atoms with Gasteiger partial charge < -0.3 is 0 Å². The zero-order chi connectivity index (χ0) is 9.68. The van der Waals surface area contributed by atoms with Gasteiger partial charge in [0.2, 0.25) is 0 Å². The lowest BCUT2D eigenvalue weighted by atomic mass is 9.99. The third kappa shape index (κ3) is 2.85. The smallest absolute Gasteiger partial charge is 0.150 e. The van der Waals surface area contributed by atoms with Gasteiger partial charge >= 0.3 is 0 Å². The summed E-state index contributed by atoms with van der Waals surface area (Å²) >= 11 is 5.71. The molecule has 1 rings (SSSR count). The van der Waals surface area contributed by atoms with E-state index in [1.165, 1.54) is 0 Å². The monoisotopic (exact) mass is 196 g/mol. The first-order valence-electron chi connectivity index (χ1n) is 4.37. The Morgan fingerprint density at radius 2 is 2.15 bits per heavy atom. The van der Waals surface area contributed by atoms with Crippen LogP contribution in [0.1, 0.15) is 22.8 Å². The molecule has 0 radical (unpaired) electrons. The largest absolute Gasteiger partial charge is 0.298 e. The molecule has 0 saturated carbocycles. The van der Waals surface area contributed by atoms with Gasteiger partial charge in [-0.1, -0.05) is 31.2 Å². The molecular formula is C11H13ClO. The van der Waals surface area contributed by atoms with Crippen molar-refractivity contribution >= 4 is 17.9 Å². The maximum absolute atomic E-state index is 10.7. The lowest BCUT2D eigenvalue weighted by Gasteiger charge is -2.08. The molecule has 1 unspecified atom stereocenters. The molecule has 0 fully saturated rings. The maximum Gasteiger partial charge on any atom is 0.150 e. The van der Waals surface area contributed by atoms with Gasteiger partial charge in [0.15, 0.2) is 0 Å². The normalized spacial score (nSPS) is 12.5. The zero-order valence-electron chi connectivity index (χ0n) is 7.66. The molecule has 2 heteroatoms. The van der Waals surface area contributed by atoms with Crippen LogP contribution >= 0.6 is 11.6 Å².